The van der Waals surface area contributed by atoms with E-state index in [1.165, 1.54) is 5.56 Å². The Balaban J connectivity index is 1.76. The number of rotatable bonds is 5. The number of hydrogen-bond acceptors (Lipinski definition) is 4. The van der Waals surface area contributed by atoms with Gasteiger partial charge < -0.3 is 10.6 Å². The summed E-state index contributed by atoms with van der Waals surface area (Å²) in [5.74, 6) is 0.543. The van der Waals surface area contributed by atoms with Crippen molar-refractivity contribution in [2.24, 2.45) is 11.7 Å². The minimum atomic E-state index is -0.0349. The second kappa shape index (κ2) is 7.52. The van der Waals surface area contributed by atoms with Crippen LogP contribution in [0.5, 0.6) is 0 Å². The van der Waals surface area contributed by atoms with Gasteiger partial charge in [-0.25, -0.2) is 0 Å². The van der Waals surface area contributed by atoms with Gasteiger partial charge >= 0.3 is 0 Å². The molecule has 1 saturated heterocycles. The van der Waals surface area contributed by atoms with E-state index < -0.39 is 0 Å². The van der Waals surface area contributed by atoms with Gasteiger partial charge in [0.1, 0.15) is 0 Å². The number of aromatic nitrogens is 1. The van der Waals surface area contributed by atoms with Crippen LogP contribution >= 0.6 is 0 Å². The van der Waals surface area contributed by atoms with Crippen LogP contribution in [0.15, 0.2) is 24.5 Å². The summed E-state index contributed by atoms with van der Waals surface area (Å²) < 4.78 is 0. The van der Waals surface area contributed by atoms with Gasteiger partial charge in [0.05, 0.1) is 0 Å². The van der Waals surface area contributed by atoms with Gasteiger partial charge in [0.2, 0.25) is 5.91 Å². The van der Waals surface area contributed by atoms with Gasteiger partial charge in [-0.3, -0.25) is 14.7 Å². The van der Waals surface area contributed by atoms with Gasteiger partial charge in [-0.15, -0.1) is 0 Å². The second-order valence-corrected chi connectivity index (χ2v) is 6.12. The highest BCUT2D eigenvalue weighted by Crippen LogP contribution is 2.11. The molecule has 0 spiro atoms. The fourth-order valence-electron chi connectivity index (χ4n) is 2.47. The zero-order valence-corrected chi connectivity index (χ0v) is 13.0. The molecule has 1 aromatic rings. The van der Waals surface area contributed by atoms with Crippen molar-refractivity contribution in [3.05, 3.63) is 30.1 Å². The van der Waals surface area contributed by atoms with Gasteiger partial charge in [0.25, 0.3) is 0 Å². The average molecular weight is 290 g/mol. The van der Waals surface area contributed by atoms with Crippen LogP contribution in [0.4, 0.5) is 0 Å². The van der Waals surface area contributed by atoms with Crippen molar-refractivity contribution in [3.8, 4) is 0 Å². The Morgan fingerprint density at radius 1 is 1.24 bits per heavy atom. The molecular formula is C16H26N4O. The molecule has 0 aromatic carbocycles. The third kappa shape index (κ3) is 4.79. The molecule has 1 unspecified atom stereocenters. The number of pyridine rings is 1. The van der Waals surface area contributed by atoms with Crippen LogP contribution in [0.25, 0.3) is 0 Å². The molecule has 2 rings (SSSR count). The number of carbonyl (C=O) groups is 1. The van der Waals surface area contributed by atoms with E-state index in [1.807, 2.05) is 29.4 Å². The fourth-order valence-corrected chi connectivity index (χ4v) is 2.47. The zero-order valence-electron chi connectivity index (χ0n) is 13.0. The number of carbonyl (C=O) groups excluding carboxylic acids is 1. The number of nitrogens with two attached hydrogens (primary N) is 1. The monoisotopic (exact) mass is 290 g/mol. The largest absolute Gasteiger partial charge is 0.340 e. The molecule has 116 valence electrons. The third-order valence-corrected chi connectivity index (χ3v) is 4.15. The standard InChI is InChI=1S/C16H26N4O/c1-13(2)15(17)11-16(21)20-9-7-19(8-10-20)12-14-3-5-18-6-4-14/h3-6,13,15H,7-12,17H2,1-2H3. The van der Waals surface area contributed by atoms with Gasteiger partial charge in [0.15, 0.2) is 0 Å². The Morgan fingerprint density at radius 3 is 2.43 bits per heavy atom. The van der Waals surface area contributed by atoms with Crippen LogP contribution in [0.3, 0.4) is 0 Å². The van der Waals surface area contributed by atoms with Crippen molar-refractivity contribution in [2.45, 2.75) is 32.9 Å². The Kier molecular flexibility index (Phi) is 5.70. The summed E-state index contributed by atoms with van der Waals surface area (Å²) in [6, 6.07) is 4.05. The SMILES string of the molecule is CC(C)C(N)CC(=O)N1CCN(Cc2ccncc2)CC1. The Morgan fingerprint density at radius 2 is 1.86 bits per heavy atom. The lowest BCUT2D eigenvalue weighted by molar-refractivity contribution is -0.133. The van der Waals surface area contributed by atoms with E-state index in [0.717, 1.165) is 32.7 Å². The Labute approximate surface area is 127 Å². The molecule has 1 aromatic heterocycles. The van der Waals surface area contributed by atoms with E-state index in [0.29, 0.717) is 12.3 Å². The van der Waals surface area contributed by atoms with Gasteiger partial charge in [-0.2, -0.15) is 0 Å². The Bertz CT molecular complexity index is 441. The average Bonchev–Trinajstić information content (AvgIpc) is 2.48. The summed E-state index contributed by atoms with van der Waals surface area (Å²) >= 11 is 0. The first kappa shape index (κ1) is 15.9. The topological polar surface area (TPSA) is 62.5 Å². The molecule has 2 heterocycles. The summed E-state index contributed by atoms with van der Waals surface area (Å²) in [4.78, 5) is 20.6. The second-order valence-electron chi connectivity index (χ2n) is 6.12. The molecule has 21 heavy (non-hydrogen) atoms. The van der Waals surface area contributed by atoms with Crippen LogP contribution in [-0.4, -0.2) is 52.9 Å². The van der Waals surface area contributed by atoms with Crippen LogP contribution < -0.4 is 5.73 Å². The quantitative estimate of drug-likeness (QED) is 0.882. The molecule has 1 fully saturated rings. The van der Waals surface area contributed by atoms with Crippen LogP contribution in [0.2, 0.25) is 0 Å². The van der Waals surface area contributed by atoms with E-state index >= 15 is 0 Å². The van der Waals surface area contributed by atoms with Crippen molar-refractivity contribution in [3.63, 3.8) is 0 Å². The molecule has 0 radical (unpaired) electrons. The summed E-state index contributed by atoms with van der Waals surface area (Å²) in [6.45, 7) is 8.49. The molecule has 1 atom stereocenters. The molecule has 2 N–H and O–H groups in total. The first-order chi connectivity index (χ1) is 10.1. The smallest absolute Gasteiger partial charge is 0.224 e. The van der Waals surface area contributed by atoms with Crippen LogP contribution in [-0.2, 0) is 11.3 Å². The maximum absolute atomic E-state index is 12.2. The molecular weight excluding hydrogens is 264 g/mol. The van der Waals surface area contributed by atoms with E-state index in [2.05, 4.69) is 23.7 Å². The molecule has 0 saturated carbocycles. The molecule has 0 bridgehead atoms. The molecule has 5 nitrogen and oxygen atoms in total. The van der Waals surface area contributed by atoms with Crippen molar-refractivity contribution < 1.29 is 4.79 Å². The minimum Gasteiger partial charge on any atom is -0.340 e. The number of piperazine rings is 1. The highest BCUT2D eigenvalue weighted by Gasteiger charge is 2.23. The lowest BCUT2D eigenvalue weighted by Crippen LogP contribution is -2.49. The summed E-state index contributed by atoms with van der Waals surface area (Å²) in [6.07, 6.45) is 4.10. The van der Waals surface area contributed by atoms with E-state index in [-0.39, 0.29) is 11.9 Å². The van der Waals surface area contributed by atoms with Gasteiger partial charge in [0, 0.05) is 57.6 Å². The molecule has 5 heteroatoms. The fraction of sp³-hybridized carbons (Fsp3) is 0.625. The maximum atomic E-state index is 12.2. The van der Waals surface area contributed by atoms with E-state index in [9.17, 15) is 4.79 Å². The maximum Gasteiger partial charge on any atom is 0.224 e. The van der Waals surface area contributed by atoms with Crippen LogP contribution in [0.1, 0.15) is 25.8 Å². The van der Waals surface area contributed by atoms with E-state index in [1.54, 1.807) is 0 Å². The van der Waals surface area contributed by atoms with E-state index in [4.69, 9.17) is 5.73 Å². The minimum absolute atomic E-state index is 0.0349. The van der Waals surface area contributed by atoms with Gasteiger partial charge in [-0.1, -0.05) is 13.8 Å². The molecule has 1 aliphatic rings. The normalized spacial score (nSPS) is 18.0. The Hall–Kier alpha value is -1.46. The van der Waals surface area contributed by atoms with Crippen molar-refractivity contribution in [2.75, 3.05) is 26.2 Å². The number of nitrogens with zero attached hydrogens (tertiary/aromatic N) is 3. The molecule has 0 aliphatic carbocycles. The highest BCUT2D eigenvalue weighted by atomic mass is 16.2. The number of amides is 1. The highest BCUT2D eigenvalue weighted by molar-refractivity contribution is 5.77. The van der Waals surface area contributed by atoms with Crippen molar-refractivity contribution >= 4 is 5.91 Å². The summed E-state index contributed by atoms with van der Waals surface area (Å²) in [5, 5.41) is 0. The third-order valence-electron chi connectivity index (χ3n) is 4.15. The molecule has 1 aliphatic heterocycles. The number of hydrogen-bond donors (Lipinski definition) is 1. The first-order valence-corrected chi connectivity index (χ1v) is 7.71. The summed E-state index contributed by atoms with van der Waals surface area (Å²) in [7, 11) is 0. The zero-order chi connectivity index (χ0) is 15.2. The molecule has 1 amide bonds. The van der Waals surface area contributed by atoms with Crippen molar-refractivity contribution in [1.82, 2.24) is 14.8 Å². The van der Waals surface area contributed by atoms with Crippen LogP contribution in [0, 0.1) is 5.92 Å². The first-order valence-electron chi connectivity index (χ1n) is 7.71. The van der Waals surface area contributed by atoms with Gasteiger partial charge in [-0.05, 0) is 23.6 Å². The lowest BCUT2D eigenvalue weighted by Gasteiger charge is -2.35. The van der Waals surface area contributed by atoms with Crippen molar-refractivity contribution in [1.29, 1.82) is 0 Å². The lowest BCUT2D eigenvalue weighted by atomic mass is 10.0. The summed E-state index contributed by atoms with van der Waals surface area (Å²) in [5.41, 5.74) is 7.26. The predicted molar refractivity (Wildman–Crippen MR) is 83.5 cm³/mol. The predicted octanol–water partition coefficient (Wildman–Crippen LogP) is 1.10.